The first-order valence-electron chi connectivity index (χ1n) is 4.45. The molecule has 82 valence electrons. The fourth-order valence-electron chi connectivity index (χ4n) is 1.40. The van der Waals surface area contributed by atoms with Crippen molar-refractivity contribution in [2.75, 3.05) is 0 Å². The fraction of sp³-hybridized carbons (Fsp3) is 0.100. The molecule has 1 heterocycles. The fourth-order valence-corrected chi connectivity index (χ4v) is 1.94. The molecule has 3 N–H and O–H groups in total. The van der Waals surface area contributed by atoms with Crippen LogP contribution in [-0.2, 0) is 16.4 Å². The molecule has 0 fully saturated rings. The molecule has 0 amide bonds. The summed E-state index contributed by atoms with van der Waals surface area (Å²) < 4.78 is 22.2. The number of hydrogen-bond acceptors (Lipinski definition) is 3. The molecule has 1 aromatic carbocycles. The molecule has 16 heavy (non-hydrogen) atoms. The smallest absolute Gasteiger partial charge is 0.238 e. The van der Waals surface area contributed by atoms with Crippen molar-refractivity contribution in [1.29, 1.82) is 0 Å². The third-order valence-corrected chi connectivity index (χ3v) is 3.01. The van der Waals surface area contributed by atoms with Gasteiger partial charge in [-0.05, 0) is 18.2 Å². The van der Waals surface area contributed by atoms with Crippen LogP contribution in [0.1, 0.15) is 5.82 Å². The number of sulfonamides is 1. The monoisotopic (exact) mass is 235 g/mol. The van der Waals surface area contributed by atoms with Gasteiger partial charge in [-0.1, -0.05) is 5.92 Å². The van der Waals surface area contributed by atoms with E-state index >= 15 is 0 Å². The lowest BCUT2D eigenvalue weighted by molar-refractivity contribution is 0.598. The maximum Gasteiger partial charge on any atom is 0.238 e. The third kappa shape index (κ3) is 1.91. The number of aromatic amines is 1. The van der Waals surface area contributed by atoms with Crippen molar-refractivity contribution in [1.82, 2.24) is 9.97 Å². The number of primary sulfonamides is 1. The summed E-state index contributed by atoms with van der Waals surface area (Å²) in [6.07, 6.45) is 5.53. The topological polar surface area (TPSA) is 88.8 Å². The van der Waals surface area contributed by atoms with Gasteiger partial charge in [0.2, 0.25) is 10.0 Å². The van der Waals surface area contributed by atoms with Crippen molar-refractivity contribution < 1.29 is 8.42 Å². The zero-order valence-electron chi connectivity index (χ0n) is 8.27. The third-order valence-electron chi connectivity index (χ3n) is 2.10. The standard InChI is InChI=1S/C10H9N3O2S/c1-2-3-10-12-8-5-4-7(16(11,14)15)6-9(8)13-10/h1,4-6H,3H2,(H,12,13)(H2,11,14,15). The van der Waals surface area contributed by atoms with E-state index in [9.17, 15) is 8.42 Å². The van der Waals surface area contributed by atoms with E-state index in [0.29, 0.717) is 23.3 Å². The van der Waals surface area contributed by atoms with Gasteiger partial charge in [0.05, 0.1) is 22.3 Å². The molecule has 0 radical (unpaired) electrons. The molecular weight excluding hydrogens is 226 g/mol. The minimum atomic E-state index is -3.69. The summed E-state index contributed by atoms with van der Waals surface area (Å²) in [5.74, 6) is 3.08. The lowest BCUT2D eigenvalue weighted by Crippen LogP contribution is -2.11. The van der Waals surface area contributed by atoms with Crippen molar-refractivity contribution >= 4 is 21.1 Å². The molecule has 0 spiro atoms. The number of nitrogens with two attached hydrogens (primary N) is 1. The van der Waals surface area contributed by atoms with E-state index in [1.54, 1.807) is 6.07 Å². The Morgan fingerprint density at radius 2 is 2.25 bits per heavy atom. The first-order chi connectivity index (χ1) is 7.50. The molecule has 1 aromatic heterocycles. The second-order valence-corrected chi connectivity index (χ2v) is 4.85. The first kappa shape index (κ1) is 10.7. The van der Waals surface area contributed by atoms with Gasteiger partial charge in [-0.15, -0.1) is 6.42 Å². The number of aromatic nitrogens is 2. The molecule has 0 bridgehead atoms. The first-order valence-corrected chi connectivity index (χ1v) is 6.00. The molecule has 6 heteroatoms. The normalized spacial score (nSPS) is 11.5. The number of nitrogens with zero attached hydrogens (tertiary/aromatic N) is 1. The number of fused-ring (bicyclic) bond motifs is 1. The van der Waals surface area contributed by atoms with Gasteiger partial charge < -0.3 is 4.98 Å². The van der Waals surface area contributed by atoms with E-state index in [-0.39, 0.29) is 4.90 Å². The van der Waals surface area contributed by atoms with Gasteiger partial charge in [0.1, 0.15) is 5.82 Å². The largest absolute Gasteiger partial charge is 0.341 e. The molecule has 0 saturated heterocycles. The maximum atomic E-state index is 11.1. The Hall–Kier alpha value is -1.84. The minimum Gasteiger partial charge on any atom is -0.341 e. The second-order valence-electron chi connectivity index (χ2n) is 3.29. The van der Waals surface area contributed by atoms with Gasteiger partial charge in [0.15, 0.2) is 0 Å². The van der Waals surface area contributed by atoms with Crippen LogP contribution in [0.5, 0.6) is 0 Å². The summed E-state index contributed by atoms with van der Waals surface area (Å²) in [4.78, 5) is 7.18. The lowest BCUT2D eigenvalue weighted by Gasteiger charge is -1.96. The maximum absolute atomic E-state index is 11.1. The molecule has 2 rings (SSSR count). The summed E-state index contributed by atoms with van der Waals surface area (Å²) in [6, 6.07) is 4.45. The van der Waals surface area contributed by atoms with E-state index in [0.717, 1.165) is 0 Å². The Morgan fingerprint density at radius 1 is 1.50 bits per heavy atom. The quantitative estimate of drug-likeness (QED) is 0.738. The Kier molecular flexibility index (Phi) is 2.42. The molecule has 0 aliphatic heterocycles. The van der Waals surface area contributed by atoms with Gasteiger partial charge in [-0.25, -0.2) is 18.5 Å². The van der Waals surface area contributed by atoms with Gasteiger partial charge in [0.25, 0.3) is 0 Å². The summed E-state index contributed by atoms with van der Waals surface area (Å²) in [5.41, 5.74) is 1.27. The van der Waals surface area contributed by atoms with Crippen LogP contribution in [0.25, 0.3) is 11.0 Å². The minimum absolute atomic E-state index is 0.0518. The van der Waals surface area contributed by atoms with Crippen LogP contribution in [0.3, 0.4) is 0 Å². The second kappa shape index (κ2) is 3.63. The van der Waals surface area contributed by atoms with Crippen LogP contribution in [0.2, 0.25) is 0 Å². The Morgan fingerprint density at radius 3 is 2.88 bits per heavy atom. The summed E-state index contributed by atoms with van der Waals surface area (Å²) in [7, 11) is -3.69. The number of H-pyrrole nitrogens is 1. The van der Waals surface area contributed by atoms with Crippen LogP contribution in [0.4, 0.5) is 0 Å². The molecule has 0 aliphatic rings. The molecular formula is C10H9N3O2S. The van der Waals surface area contributed by atoms with Crippen LogP contribution >= 0.6 is 0 Å². The zero-order valence-corrected chi connectivity index (χ0v) is 9.08. The molecule has 2 aromatic rings. The van der Waals surface area contributed by atoms with Gasteiger partial charge in [0, 0.05) is 0 Å². The lowest BCUT2D eigenvalue weighted by atomic mass is 10.3. The summed E-state index contributed by atoms with van der Waals surface area (Å²) >= 11 is 0. The van der Waals surface area contributed by atoms with Crippen molar-refractivity contribution in [3.8, 4) is 12.3 Å². The molecule has 5 nitrogen and oxygen atoms in total. The Labute approximate surface area is 92.7 Å². The highest BCUT2D eigenvalue weighted by Crippen LogP contribution is 2.16. The predicted molar refractivity (Wildman–Crippen MR) is 60.0 cm³/mol. The van der Waals surface area contributed by atoms with E-state index < -0.39 is 10.0 Å². The number of terminal acetylenes is 1. The Bertz CT molecular complexity index is 680. The highest BCUT2D eigenvalue weighted by Gasteiger charge is 2.10. The van der Waals surface area contributed by atoms with Crippen molar-refractivity contribution in [2.45, 2.75) is 11.3 Å². The van der Waals surface area contributed by atoms with Crippen molar-refractivity contribution in [3.63, 3.8) is 0 Å². The zero-order chi connectivity index (χ0) is 11.8. The van der Waals surface area contributed by atoms with E-state index in [1.165, 1.54) is 12.1 Å². The van der Waals surface area contributed by atoms with Crippen LogP contribution < -0.4 is 5.14 Å². The number of nitrogens with one attached hydrogen (secondary N) is 1. The highest BCUT2D eigenvalue weighted by atomic mass is 32.2. The average molecular weight is 235 g/mol. The Balaban J connectivity index is 2.59. The SMILES string of the molecule is C#CCc1nc2ccc(S(N)(=O)=O)cc2[nH]1. The highest BCUT2D eigenvalue weighted by molar-refractivity contribution is 7.89. The van der Waals surface area contributed by atoms with Gasteiger partial charge >= 0.3 is 0 Å². The van der Waals surface area contributed by atoms with Gasteiger partial charge in [-0.2, -0.15) is 0 Å². The molecule has 0 aliphatic carbocycles. The van der Waals surface area contributed by atoms with Gasteiger partial charge in [-0.3, -0.25) is 0 Å². The molecule has 0 saturated carbocycles. The molecule has 0 atom stereocenters. The number of benzene rings is 1. The van der Waals surface area contributed by atoms with E-state index in [2.05, 4.69) is 15.9 Å². The summed E-state index contributed by atoms with van der Waals surface area (Å²) in [6.45, 7) is 0. The number of hydrogen-bond donors (Lipinski definition) is 2. The molecule has 0 unspecified atom stereocenters. The number of rotatable bonds is 2. The van der Waals surface area contributed by atoms with Crippen LogP contribution in [0.15, 0.2) is 23.1 Å². The predicted octanol–water partition coefficient (Wildman–Crippen LogP) is 0.386. The van der Waals surface area contributed by atoms with Crippen LogP contribution in [-0.4, -0.2) is 18.4 Å². The van der Waals surface area contributed by atoms with Crippen LogP contribution in [0, 0.1) is 12.3 Å². The summed E-state index contributed by atoms with van der Waals surface area (Å²) in [5, 5.41) is 5.02. The van der Waals surface area contributed by atoms with E-state index in [4.69, 9.17) is 11.6 Å². The van der Waals surface area contributed by atoms with E-state index in [1.807, 2.05) is 0 Å². The van der Waals surface area contributed by atoms with Crippen molar-refractivity contribution in [3.05, 3.63) is 24.0 Å². The number of imidazole rings is 1. The average Bonchev–Trinajstić information content (AvgIpc) is 2.57. The van der Waals surface area contributed by atoms with Crippen molar-refractivity contribution in [2.24, 2.45) is 5.14 Å².